The molecule has 1 N–H and O–H groups in total. The Balaban J connectivity index is 1.43. The van der Waals surface area contributed by atoms with E-state index < -0.39 is 4.92 Å². The first-order chi connectivity index (χ1) is 14.5. The Hall–Kier alpha value is -3.68. The van der Waals surface area contributed by atoms with E-state index >= 15 is 0 Å². The summed E-state index contributed by atoms with van der Waals surface area (Å²) in [6, 6.07) is 16.8. The fraction of sp³-hybridized carbons (Fsp3) is 0.273. The quantitative estimate of drug-likeness (QED) is 0.518. The number of nitro groups is 1. The van der Waals surface area contributed by atoms with Gasteiger partial charge >= 0.3 is 0 Å². The number of aryl methyl sites for hydroxylation is 1. The number of benzene rings is 2. The Labute approximate surface area is 174 Å². The Morgan fingerprint density at radius 1 is 1.10 bits per heavy atom. The Morgan fingerprint density at radius 3 is 2.53 bits per heavy atom. The maximum atomic E-state index is 12.7. The lowest BCUT2D eigenvalue weighted by atomic mass is 10.1. The first kappa shape index (κ1) is 19.6. The van der Waals surface area contributed by atoms with Crippen LogP contribution >= 0.6 is 0 Å². The minimum absolute atomic E-state index is 0.00996. The van der Waals surface area contributed by atoms with Crippen LogP contribution in [0.4, 0.5) is 17.1 Å². The SMILES string of the molecule is Cc1cc(NCC(=O)N2CCN(c3ccccc3)CC2)c2cccc([N+](=O)[O-])c2n1. The van der Waals surface area contributed by atoms with Crippen molar-refractivity contribution in [3.05, 3.63) is 70.4 Å². The van der Waals surface area contributed by atoms with Crippen molar-refractivity contribution in [2.45, 2.75) is 6.92 Å². The first-order valence-corrected chi connectivity index (χ1v) is 9.89. The van der Waals surface area contributed by atoms with Gasteiger partial charge in [0.1, 0.15) is 0 Å². The molecule has 0 radical (unpaired) electrons. The van der Waals surface area contributed by atoms with Crippen molar-refractivity contribution in [3.8, 4) is 0 Å². The molecule has 1 saturated heterocycles. The van der Waals surface area contributed by atoms with Gasteiger partial charge in [-0.3, -0.25) is 14.9 Å². The molecule has 8 nitrogen and oxygen atoms in total. The predicted molar refractivity (Wildman–Crippen MR) is 117 cm³/mol. The van der Waals surface area contributed by atoms with Gasteiger partial charge in [0.15, 0.2) is 5.52 Å². The summed E-state index contributed by atoms with van der Waals surface area (Å²) in [5.41, 5.74) is 2.79. The molecule has 0 saturated carbocycles. The summed E-state index contributed by atoms with van der Waals surface area (Å²) in [6.07, 6.45) is 0. The maximum Gasteiger partial charge on any atom is 0.295 e. The lowest BCUT2D eigenvalue weighted by Gasteiger charge is -2.36. The molecule has 0 atom stereocenters. The molecule has 3 aromatic rings. The fourth-order valence-corrected chi connectivity index (χ4v) is 3.79. The highest BCUT2D eigenvalue weighted by Crippen LogP contribution is 2.29. The smallest absolute Gasteiger partial charge is 0.295 e. The van der Waals surface area contributed by atoms with Crippen molar-refractivity contribution in [1.82, 2.24) is 9.88 Å². The zero-order chi connectivity index (χ0) is 21.1. The summed E-state index contributed by atoms with van der Waals surface area (Å²) in [4.78, 5) is 32.1. The van der Waals surface area contributed by atoms with Crippen LogP contribution in [0.15, 0.2) is 54.6 Å². The van der Waals surface area contributed by atoms with Crippen molar-refractivity contribution in [3.63, 3.8) is 0 Å². The zero-order valence-electron chi connectivity index (χ0n) is 16.7. The van der Waals surface area contributed by atoms with E-state index in [4.69, 9.17) is 0 Å². The van der Waals surface area contributed by atoms with Crippen LogP contribution < -0.4 is 10.2 Å². The van der Waals surface area contributed by atoms with E-state index in [0.717, 1.165) is 13.1 Å². The van der Waals surface area contributed by atoms with E-state index in [1.165, 1.54) is 11.8 Å². The number of carbonyl (C=O) groups is 1. The van der Waals surface area contributed by atoms with Gasteiger partial charge in [0.2, 0.25) is 5.91 Å². The molecule has 8 heteroatoms. The highest BCUT2D eigenvalue weighted by atomic mass is 16.6. The Morgan fingerprint density at radius 2 is 1.83 bits per heavy atom. The number of aromatic nitrogens is 1. The second-order valence-corrected chi connectivity index (χ2v) is 7.30. The van der Waals surface area contributed by atoms with Crippen molar-refractivity contribution in [2.75, 3.05) is 42.9 Å². The van der Waals surface area contributed by atoms with E-state index in [2.05, 4.69) is 27.3 Å². The summed E-state index contributed by atoms with van der Waals surface area (Å²) in [5.74, 6) is 0.00996. The molecule has 1 aliphatic rings. The van der Waals surface area contributed by atoms with Gasteiger partial charge in [-0.25, -0.2) is 4.98 Å². The lowest BCUT2D eigenvalue weighted by Crippen LogP contribution is -2.50. The molecule has 4 rings (SSSR count). The molecule has 1 aromatic heterocycles. The number of fused-ring (bicyclic) bond motifs is 1. The van der Waals surface area contributed by atoms with E-state index in [1.807, 2.05) is 29.2 Å². The summed E-state index contributed by atoms with van der Waals surface area (Å²) >= 11 is 0. The molecule has 1 fully saturated rings. The topological polar surface area (TPSA) is 91.6 Å². The van der Waals surface area contributed by atoms with Crippen LogP contribution in [-0.4, -0.2) is 53.4 Å². The maximum absolute atomic E-state index is 12.7. The zero-order valence-corrected chi connectivity index (χ0v) is 16.7. The monoisotopic (exact) mass is 405 g/mol. The van der Waals surface area contributed by atoms with Gasteiger partial charge < -0.3 is 15.1 Å². The summed E-state index contributed by atoms with van der Waals surface area (Å²) in [7, 11) is 0. The van der Waals surface area contributed by atoms with Crippen molar-refractivity contribution >= 4 is 33.9 Å². The van der Waals surface area contributed by atoms with E-state index in [0.29, 0.717) is 35.4 Å². The van der Waals surface area contributed by atoms with Gasteiger partial charge in [0.05, 0.1) is 11.5 Å². The van der Waals surface area contributed by atoms with E-state index in [1.54, 1.807) is 19.1 Å². The van der Waals surface area contributed by atoms with Crippen molar-refractivity contribution in [1.29, 1.82) is 0 Å². The van der Waals surface area contributed by atoms with Crippen LogP contribution in [0, 0.1) is 17.0 Å². The largest absolute Gasteiger partial charge is 0.376 e. The van der Waals surface area contributed by atoms with Gasteiger partial charge in [-0.05, 0) is 25.1 Å². The Bertz CT molecular complexity index is 1080. The number of carbonyl (C=O) groups excluding carboxylic acids is 1. The molecule has 1 aliphatic heterocycles. The highest BCUT2D eigenvalue weighted by molar-refractivity contribution is 5.97. The molecule has 1 amide bonds. The van der Waals surface area contributed by atoms with Crippen LogP contribution in [0.3, 0.4) is 0 Å². The summed E-state index contributed by atoms with van der Waals surface area (Å²) < 4.78 is 0. The lowest BCUT2D eigenvalue weighted by molar-refractivity contribution is -0.383. The number of pyridine rings is 1. The molecule has 0 spiro atoms. The van der Waals surface area contributed by atoms with Crippen LogP contribution in [0.1, 0.15) is 5.69 Å². The normalized spacial score (nSPS) is 14.0. The molecule has 30 heavy (non-hydrogen) atoms. The number of amides is 1. The molecular weight excluding hydrogens is 382 g/mol. The van der Waals surface area contributed by atoms with Crippen LogP contribution in [-0.2, 0) is 4.79 Å². The second-order valence-electron chi connectivity index (χ2n) is 7.30. The van der Waals surface area contributed by atoms with Gasteiger partial charge in [0.25, 0.3) is 5.69 Å². The summed E-state index contributed by atoms with van der Waals surface area (Å²) in [5, 5.41) is 15.1. The third-order valence-corrected chi connectivity index (χ3v) is 5.33. The standard InChI is InChI=1S/C22H23N5O3/c1-16-14-19(18-8-5-9-20(27(29)30)22(18)24-16)23-15-21(28)26-12-10-25(11-13-26)17-6-3-2-4-7-17/h2-9,14H,10-13,15H2,1H3,(H,23,24). The van der Waals surface area contributed by atoms with Gasteiger partial charge in [-0.15, -0.1) is 0 Å². The average Bonchev–Trinajstić information content (AvgIpc) is 2.77. The van der Waals surface area contributed by atoms with Gasteiger partial charge in [0, 0.05) is 54.7 Å². The number of nitrogens with one attached hydrogen (secondary N) is 1. The number of hydrogen-bond donors (Lipinski definition) is 1. The molecule has 2 heterocycles. The number of anilines is 2. The number of non-ortho nitro benzene ring substituents is 1. The second kappa shape index (κ2) is 8.36. The molecule has 0 bridgehead atoms. The number of hydrogen-bond acceptors (Lipinski definition) is 6. The number of nitro benzene ring substituents is 1. The van der Waals surface area contributed by atoms with Crippen molar-refractivity contribution < 1.29 is 9.72 Å². The van der Waals surface area contributed by atoms with Gasteiger partial charge in [-0.1, -0.05) is 30.3 Å². The minimum atomic E-state index is -0.435. The summed E-state index contributed by atoms with van der Waals surface area (Å²) in [6.45, 7) is 4.82. The molecule has 2 aromatic carbocycles. The average molecular weight is 405 g/mol. The third-order valence-electron chi connectivity index (χ3n) is 5.33. The molecule has 154 valence electrons. The van der Waals surface area contributed by atoms with Crippen LogP contribution in [0.5, 0.6) is 0 Å². The van der Waals surface area contributed by atoms with Crippen molar-refractivity contribution in [2.24, 2.45) is 0 Å². The number of piperazine rings is 1. The minimum Gasteiger partial charge on any atom is -0.376 e. The molecule has 0 unspecified atom stereocenters. The third kappa shape index (κ3) is 4.03. The molecular formula is C22H23N5O3. The van der Waals surface area contributed by atoms with Gasteiger partial charge in [-0.2, -0.15) is 0 Å². The fourth-order valence-electron chi connectivity index (χ4n) is 3.79. The van der Waals surface area contributed by atoms with E-state index in [9.17, 15) is 14.9 Å². The first-order valence-electron chi connectivity index (χ1n) is 9.89. The Kier molecular flexibility index (Phi) is 5.47. The number of rotatable bonds is 5. The number of para-hydroxylation sites is 2. The van der Waals surface area contributed by atoms with Crippen LogP contribution in [0.25, 0.3) is 10.9 Å². The van der Waals surface area contributed by atoms with E-state index in [-0.39, 0.29) is 18.1 Å². The number of nitrogens with zero attached hydrogens (tertiary/aromatic N) is 4. The predicted octanol–water partition coefficient (Wildman–Crippen LogP) is 3.21. The highest BCUT2D eigenvalue weighted by Gasteiger charge is 2.22. The molecule has 0 aliphatic carbocycles. The van der Waals surface area contributed by atoms with Crippen LogP contribution in [0.2, 0.25) is 0 Å².